The van der Waals surface area contributed by atoms with Gasteiger partial charge in [-0.05, 0) is 41.3 Å². The third-order valence-electron chi connectivity index (χ3n) is 6.72. The molecular weight excluding hydrogens is 432 g/mol. The summed E-state index contributed by atoms with van der Waals surface area (Å²) in [7, 11) is 1.29. The summed E-state index contributed by atoms with van der Waals surface area (Å²) in [5.41, 5.74) is 1.42. The highest BCUT2D eigenvalue weighted by atomic mass is 16.5. The van der Waals surface area contributed by atoms with Crippen molar-refractivity contribution in [2.75, 3.05) is 13.7 Å². The number of hydrogen-bond acceptors (Lipinski definition) is 5. The first-order valence-corrected chi connectivity index (χ1v) is 11.3. The first kappa shape index (κ1) is 21.8. The molecule has 172 valence electrons. The Labute approximate surface area is 196 Å². The average Bonchev–Trinajstić information content (AvgIpc) is 3.46. The predicted octanol–water partition coefficient (Wildman–Crippen LogP) is 3.21. The van der Waals surface area contributed by atoms with Gasteiger partial charge in [0, 0.05) is 13.0 Å². The quantitative estimate of drug-likeness (QED) is 0.435. The van der Waals surface area contributed by atoms with Gasteiger partial charge in [0.05, 0.1) is 18.2 Å². The minimum Gasteiger partial charge on any atom is -0.467 e. The van der Waals surface area contributed by atoms with Crippen LogP contribution in [0.4, 0.5) is 0 Å². The molecule has 2 heterocycles. The van der Waals surface area contributed by atoms with Gasteiger partial charge in [0.2, 0.25) is 5.91 Å². The minimum absolute atomic E-state index is 0.149. The zero-order valence-corrected chi connectivity index (χ0v) is 18.8. The Bertz CT molecular complexity index is 1280. The maximum Gasteiger partial charge on any atom is 0.328 e. The first-order valence-electron chi connectivity index (χ1n) is 11.3. The van der Waals surface area contributed by atoms with Gasteiger partial charge in [-0.2, -0.15) is 0 Å². The fraction of sp³-hybridized carbons (Fsp3) is 0.259. The molecule has 2 aliphatic heterocycles. The molecule has 0 spiro atoms. The summed E-state index contributed by atoms with van der Waals surface area (Å²) in [5.74, 6) is -1.89. The molecule has 2 atom stereocenters. The Morgan fingerprint density at radius 1 is 0.941 bits per heavy atom. The van der Waals surface area contributed by atoms with Crippen molar-refractivity contribution in [2.24, 2.45) is 0 Å². The lowest BCUT2D eigenvalue weighted by Crippen LogP contribution is -2.54. The summed E-state index contributed by atoms with van der Waals surface area (Å²) in [4.78, 5) is 55.5. The van der Waals surface area contributed by atoms with E-state index < -0.39 is 35.8 Å². The lowest BCUT2D eigenvalue weighted by Gasteiger charge is -2.32. The van der Waals surface area contributed by atoms with E-state index in [2.05, 4.69) is 0 Å². The van der Waals surface area contributed by atoms with E-state index in [-0.39, 0.29) is 17.5 Å². The fourth-order valence-corrected chi connectivity index (χ4v) is 5.06. The zero-order valence-electron chi connectivity index (χ0n) is 18.8. The van der Waals surface area contributed by atoms with Crippen molar-refractivity contribution in [1.29, 1.82) is 0 Å². The van der Waals surface area contributed by atoms with Gasteiger partial charge in [0.25, 0.3) is 11.8 Å². The number of ether oxygens (including phenoxy) is 1. The van der Waals surface area contributed by atoms with E-state index in [0.717, 1.165) is 21.2 Å². The van der Waals surface area contributed by atoms with E-state index in [4.69, 9.17) is 4.74 Å². The van der Waals surface area contributed by atoms with Gasteiger partial charge < -0.3 is 9.64 Å². The zero-order chi connectivity index (χ0) is 23.8. The number of hydrogen-bond donors (Lipinski definition) is 0. The number of carbonyl (C=O) groups excluding carboxylic acids is 4. The van der Waals surface area contributed by atoms with Crippen LogP contribution in [-0.4, -0.2) is 59.2 Å². The van der Waals surface area contributed by atoms with Crippen LogP contribution in [0.25, 0.3) is 10.8 Å². The minimum atomic E-state index is -1.08. The van der Waals surface area contributed by atoms with Crippen molar-refractivity contribution in [3.8, 4) is 0 Å². The molecule has 34 heavy (non-hydrogen) atoms. The second-order valence-corrected chi connectivity index (χ2v) is 8.60. The van der Waals surface area contributed by atoms with Gasteiger partial charge in [-0.3, -0.25) is 19.3 Å². The summed E-state index contributed by atoms with van der Waals surface area (Å²) in [6.07, 6.45) is 1.28. The predicted molar refractivity (Wildman–Crippen MR) is 125 cm³/mol. The van der Waals surface area contributed by atoms with Crippen LogP contribution < -0.4 is 0 Å². The van der Waals surface area contributed by atoms with Gasteiger partial charge in [-0.1, -0.05) is 54.6 Å². The number of carbonyl (C=O) groups is 4. The van der Waals surface area contributed by atoms with Crippen molar-refractivity contribution < 1.29 is 23.9 Å². The normalized spacial score (nSPS) is 18.3. The average molecular weight is 456 g/mol. The molecule has 3 aromatic rings. The number of imide groups is 1. The van der Waals surface area contributed by atoms with Crippen LogP contribution in [0.15, 0.2) is 66.7 Å². The molecule has 2 aliphatic rings. The summed E-state index contributed by atoms with van der Waals surface area (Å²) in [5, 5.41) is 1.95. The third-order valence-corrected chi connectivity index (χ3v) is 6.72. The summed E-state index contributed by atoms with van der Waals surface area (Å²) >= 11 is 0. The molecule has 0 saturated carbocycles. The molecule has 3 amide bonds. The van der Waals surface area contributed by atoms with E-state index in [1.54, 1.807) is 24.3 Å². The number of esters is 1. The summed E-state index contributed by atoms with van der Waals surface area (Å²) in [6.45, 7) is 0.369. The van der Waals surface area contributed by atoms with Crippen LogP contribution in [0.3, 0.4) is 0 Å². The second-order valence-electron chi connectivity index (χ2n) is 8.60. The number of rotatable bonds is 5. The highest BCUT2D eigenvalue weighted by Gasteiger charge is 2.46. The van der Waals surface area contributed by atoms with E-state index in [1.807, 2.05) is 42.5 Å². The Balaban J connectivity index is 1.57. The molecule has 7 heteroatoms. The summed E-state index contributed by atoms with van der Waals surface area (Å²) in [6, 6.07) is 18.4. The molecule has 0 aliphatic carbocycles. The molecule has 0 bridgehead atoms. The monoisotopic (exact) mass is 456 g/mol. The molecule has 5 rings (SSSR count). The SMILES string of the molecule is COC(=O)C1CCCN1C(=O)C(Cc1cccc2ccccc12)N1C(=O)c2ccccc2C1=O. The third kappa shape index (κ3) is 3.53. The van der Waals surface area contributed by atoms with Crippen LogP contribution >= 0.6 is 0 Å². The Morgan fingerprint density at radius 3 is 2.29 bits per heavy atom. The molecule has 2 unspecified atom stereocenters. The van der Waals surface area contributed by atoms with E-state index in [1.165, 1.54) is 12.0 Å². The number of likely N-dealkylation sites (tertiary alicyclic amines) is 1. The molecule has 3 aromatic carbocycles. The Hall–Kier alpha value is -4.00. The number of benzene rings is 3. The highest BCUT2D eigenvalue weighted by Crippen LogP contribution is 2.30. The number of amides is 3. The van der Waals surface area contributed by atoms with Gasteiger partial charge in [0.15, 0.2) is 0 Å². The van der Waals surface area contributed by atoms with Crippen molar-refractivity contribution in [2.45, 2.75) is 31.3 Å². The Kier molecular flexibility index (Phi) is 5.61. The highest BCUT2D eigenvalue weighted by molar-refractivity contribution is 6.23. The van der Waals surface area contributed by atoms with Crippen molar-refractivity contribution in [1.82, 2.24) is 9.80 Å². The number of fused-ring (bicyclic) bond motifs is 2. The largest absolute Gasteiger partial charge is 0.467 e. The van der Waals surface area contributed by atoms with Crippen molar-refractivity contribution >= 4 is 34.5 Å². The lowest BCUT2D eigenvalue weighted by atomic mass is 9.97. The first-order chi connectivity index (χ1) is 16.5. The van der Waals surface area contributed by atoms with Gasteiger partial charge >= 0.3 is 5.97 Å². The van der Waals surface area contributed by atoms with Crippen LogP contribution in [0.2, 0.25) is 0 Å². The molecule has 1 fully saturated rings. The van der Waals surface area contributed by atoms with Gasteiger partial charge in [-0.15, -0.1) is 0 Å². The van der Waals surface area contributed by atoms with Crippen molar-refractivity contribution in [3.63, 3.8) is 0 Å². The maximum absolute atomic E-state index is 13.9. The molecule has 1 saturated heterocycles. The van der Waals surface area contributed by atoms with E-state index >= 15 is 0 Å². The molecular formula is C27H24N2O5. The van der Waals surface area contributed by atoms with Gasteiger partial charge in [-0.25, -0.2) is 4.79 Å². The molecule has 0 radical (unpaired) electrons. The molecule has 7 nitrogen and oxygen atoms in total. The topological polar surface area (TPSA) is 84.0 Å². The number of methoxy groups -OCH3 is 1. The second kappa shape index (κ2) is 8.74. The van der Waals surface area contributed by atoms with Crippen LogP contribution in [0.1, 0.15) is 39.1 Å². The maximum atomic E-state index is 13.9. The van der Waals surface area contributed by atoms with Crippen LogP contribution in [0.5, 0.6) is 0 Å². The van der Waals surface area contributed by atoms with E-state index in [9.17, 15) is 19.2 Å². The standard InChI is InChI=1S/C27H24N2O5/c1-34-27(33)22-14-7-15-28(22)26(32)23(16-18-10-6-9-17-8-2-3-11-19(17)18)29-24(30)20-12-4-5-13-21(20)25(29)31/h2-6,8-13,22-23H,7,14-16H2,1H3. The van der Waals surface area contributed by atoms with Gasteiger partial charge in [0.1, 0.15) is 12.1 Å². The Morgan fingerprint density at radius 2 is 1.59 bits per heavy atom. The lowest BCUT2D eigenvalue weighted by molar-refractivity contribution is -0.152. The molecule has 0 aromatic heterocycles. The molecule has 0 N–H and O–H groups in total. The summed E-state index contributed by atoms with van der Waals surface area (Å²) < 4.78 is 4.91. The van der Waals surface area contributed by atoms with Crippen LogP contribution in [0, 0.1) is 0 Å². The van der Waals surface area contributed by atoms with E-state index in [0.29, 0.717) is 19.4 Å². The number of nitrogens with zero attached hydrogens (tertiary/aromatic N) is 2. The van der Waals surface area contributed by atoms with Crippen molar-refractivity contribution in [3.05, 3.63) is 83.4 Å². The smallest absolute Gasteiger partial charge is 0.328 e. The van der Waals surface area contributed by atoms with Crippen LogP contribution in [-0.2, 0) is 20.7 Å². The fourth-order valence-electron chi connectivity index (χ4n) is 5.06.